The molecule has 4 rings (SSSR count). The van der Waals surface area contributed by atoms with Gasteiger partial charge in [0.2, 0.25) is 0 Å². The van der Waals surface area contributed by atoms with Gasteiger partial charge in [-0.05, 0) is 49.2 Å². The van der Waals surface area contributed by atoms with E-state index in [4.69, 9.17) is 15.1 Å². The van der Waals surface area contributed by atoms with Crippen molar-refractivity contribution in [2.75, 3.05) is 0 Å². The van der Waals surface area contributed by atoms with Gasteiger partial charge in [0.15, 0.2) is 5.65 Å². The molecule has 0 aliphatic carbocycles. The van der Waals surface area contributed by atoms with E-state index in [1.165, 1.54) is 0 Å². The summed E-state index contributed by atoms with van der Waals surface area (Å²) in [6, 6.07) is 9.68. The Morgan fingerprint density at radius 3 is 2.67 bits per heavy atom. The van der Waals surface area contributed by atoms with E-state index in [1.807, 2.05) is 25.1 Å². The second kappa shape index (κ2) is 7.04. The van der Waals surface area contributed by atoms with Crippen LogP contribution in [0.1, 0.15) is 40.1 Å². The average molecular weight is 385 g/mol. The normalized spacial score (nSPS) is 11.1. The van der Waals surface area contributed by atoms with Gasteiger partial charge in [-0.15, -0.1) is 12.4 Å². The lowest BCUT2D eigenvalue weighted by Crippen LogP contribution is -2.05. The number of aromatic carboxylic acids is 1. The molecule has 0 saturated heterocycles. The number of hydrogen-bond acceptors (Lipinski definition) is 3. The summed E-state index contributed by atoms with van der Waals surface area (Å²) in [6.45, 7) is 6.80. The summed E-state index contributed by atoms with van der Waals surface area (Å²) in [7, 11) is 0. The minimum absolute atomic E-state index is 0. The number of aryl methyl sites for hydroxylation is 3. The average Bonchev–Trinajstić information content (AvgIpc) is 3.17. The van der Waals surface area contributed by atoms with Gasteiger partial charge in [-0.25, -0.2) is 14.8 Å². The molecular formula is C20H21ClN4O2. The zero-order valence-corrected chi connectivity index (χ0v) is 16.2. The van der Waals surface area contributed by atoms with Crippen LogP contribution in [0, 0.1) is 13.8 Å². The number of carbonyl (C=O) groups is 1. The minimum atomic E-state index is -0.952. The van der Waals surface area contributed by atoms with Crippen molar-refractivity contribution in [2.24, 2.45) is 0 Å². The Morgan fingerprint density at radius 1 is 1.19 bits per heavy atom. The van der Waals surface area contributed by atoms with Gasteiger partial charge in [-0.1, -0.05) is 13.0 Å². The monoisotopic (exact) mass is 384 g/mol. The summed E-state index contributed by atoms with van der Waals surface area (Å²) >= 11 is 0. The van der Waals surface area contributed by atoms with Crippen LogP contribution >= 0.6 is 12.4 Å². The molecule has 0 spiro atoms. The molecule has 2 N–H and O–H groups in total. The quantitative estimate of drug-likeness (QED) is 0.550. The van der Waals surface area contributed by atoms with Gasteiger partial charge in [0.25, 0.3) is 0 Å². The number of benzene rings is 1. The highest BCUT2D eigenvalue weighted by molar-refractivity contribution is 5.93. The zero-order chi connectivity index (χ0) is 18.4. The second-order valence-electron chi connectivity index (χ2n) is 6.63. The summed E-state index contributed by atoms with van der Waals surface area (Å²) < 4.78 is 2.15. The molecule has 6 nitrogen and oxygen atoms in total. The summed E-state index contributed by atoms with van der Waals surface area (Å²) in [4.78, 5) is 23.6. The number of rotatable bonds is 4. The van der Waals surface area contributed by atoms with Gasteiger partial charge >= 0.3 is 5.97 Å². The first-order valence-corrected chi connectivity index (χ1v) is 8.64. The summed E-state index contributed by atoms with van der Waals surface area (Å²) in [5.74, 6) is 0.0494. The highest BCUT2D eigenvalue weighted by Crippen LogP contribution is 2.23. The number of aromatic amines is 1. The number of H-pyrrole nitrogens is 1. The Morgan fingerprint density at radius 2 is 1.96 bits per heavy atom. The van der Waals surface area contributed by atoms with Crippen molar-refractivity contribution < 1.29 is 9.90 Å². The molecule has 0 atom stereocenters. The Balaban J connectivity index is 0.00000210. The molecule has 0 amide bonds. The van der Waals surface area contributed by atoms with Gasteiger partial charge in [0.05, 0.1) is 6.54 Å². The van der Waals surface area contributed by atoms with Crippen LogP contribution in [-0.2, 0) is 13.0 Å². The van der Waals surface area contributed by atoms with Crippen molar-refractivity contribution in [1.29, 1.82) is 0 Å². The third-order valence-corrected chi connectivity index (χ3v) is 4.67. The van der Waals surface area contributed by atoms with Crippen LogP contribution in [0.25, 0.3) is 22.1 Å². The largest absolute Gasteiger partial charge is 0.477 e. The fourth-order valence-corrected chi connectivity index (χ4v) is 3.46. The van der Waals surface area contributed by atoms with Crippen LogP contribution in [0.5, 0.6) is 0 Å². The Labute approximate surface area is 162 Å². The van der Waals surface area contributed by atoms with Crippen molar-refractivity contribution >= 4 is 40.4 Å². The number of nitrogens with zero attached hydrogens (tertiary/aromatic N) is 3. The molecule has 7 heteroatoms. The van der Waals surface area contributed by atoms with Gasteiger partial charge in [-0.2, -0.15) is 0 Å². The van der Waals surface area contributed by atoms with Gasteiger partial charge in [0, 0.05) is 23.0 Å². The van der Waals surface area contributed by atoms with Crippen LogP contribution in [0.4, 0.5) is 0 Å². The van der Waals surface area contributed by atoms with Crippen LogP contribution in [0.3, 0.4) is 0 Å². The van der Waals surface area contributed by atoms with Gasteiger partial charge < -0.3 is 14.7 Å². The van der Waals surface area contributed by atoms with E-state index in [1.54, 1.807) is 6.07 Å². The molecule has 0 saturated carbocycles. The molecule has 0 unspecified atom stereocenters. The molecule has 4 aromatic rings. The van der Waals surface area contributed by atoms with Crippen molar-refractivity contribution in [3.63, 3.8) is 0 Å². The molecule has 0 bridgehead atoms. The van der Waals surface area contributed by atoms with E-state index < -0.39 is 5.97 Å². The first-order chi connectivity index (χ1) is 12.5. The lowest BCUT2D eigenvalue weighted by atomic mass is 10.1. The number of halogens is 1. The number of fused-ring (bicyclic) bond motifs is 2. The molecule has 0 radical (unpaired) electrons. The third kappa shape index (κ3) is 3.28. The SMILES string of the molecule is CCc1nc2c(C)cc(C)nc2n1Cc1ccc2[nH]c(C(=O)O)cc2c1.Cl. The van der Waals surface area contributed by atoms with Crippen molar-refractivity contribution in [2.45, 2.75) is 33.7 Å². The van der Waals surface area contributed by atoms with Crippen molar-refractivity contribution in [3.05, 3.63) is 58.7 Å². The number of aromatic nitrogens is 4. The molecule has 3 aromatic heterocycles. The first-order valence-electron chi connectivity index (χ1n) is 8.64. The van der Waals surface area contributed by atoms with E-state index in [9.17, 15) is 4.79 Å². The van der Waals surface area contributed by atoms with Crippen molar-refractivity contribution in [1.82, 2.24) is 19.5 Å². The lowest BCUT2D eigenvalue weighted by molar-refractivity contribution is 0.0691. The molecule has 0 fully saturated rings. The molecule has 0 aliphatic rings. The topological polar surface area (TPSA) is 83.8 Å². The van der Waals surface area contributed by atoms with Crippen LogP contribution in [0.2, 0.25) is 0 Å². The first kappa shape index (κ1) is 18.9. The molecule has 1 aromatic carbocycles. The summed E-state index contributed by atoms with van der Waals surface area (Å²) in [6.07, 6.45) is 0.824. The molecular weight excluding hydrogens is 364 g/mol. The highest BCUT2D eigenvalue weighted by Gasteiger charge is 2.14. The predicted octanol–water partition coefficient (Wildman–Crippen LogP) is 4.26. The second-order valence-corrected chi connectivity index (χ2v) is 6.63. The zero-order valence-electron chi connectivity index (χ0n) is 15.4. The summed E-state index contributed by atoms with van der Waals surface area (Å²) in [5.41, 5.74) is 6.07. The minimum Gasteiger partial charge on any atom is -0.477 e. The Bertz CT molecular complexity index is 1160. The van der Waals surface area contributed by atoms with Crippen LogP contribution < -0.4 is 0 Å². The third-order valence-electron chi connectivity index (χ3n) is 4.67. The lowest BCUT2D eigenvalue weighted by Gasteiger charge is -2.09. The predicted molar refractivity (Wildman–Crippen MR) is 108 cm³/mol. The Hall–Kier alpha value is -2.86. The van der Waals surface area contributed by atoms with E-state index >= 15 is 0 Å². The molecule has 140 valence electrons. The maximum atomic E-state index is 11.2. The number of hydrogen-bond donors (Lipinski definition) is 2. The van der Waals surface area contributed by atoms with E-state index in [-0.39, 0.29) is 18.1 Å². The van der Waals surface area contributed by atoms with Crippen molar-refractivity contribution in [3.8, 4) is 0 Å². The fraction of sp³-hybridized carbons (Fsp3) is 0.250. The Kier molecular flexibility index (Phi) is 4.93. The molecule has 0 aliphatic heterocycles. The van der Waals surface area contributed by atoms with Crippen LogP contribution in [-0.4, -0.2) is 30.6 Å². The smallest absolute Gasteiger partial charge is 0.352 e. The van der Waals surface area contributed by atoms with E-state index in [2.05, 4.69) is 29.5 Å². The number of nitrogens with one attached hydrogen (secondary N) is 1. The standard InChI is InChI=1S/C20H20N4O2.ClH/c1-4-17-23-18-11(2)7-12(3)21-19(18)24(17)10-13-5-6-15-14(8-13)9-16(22-15)20(25)26;/h5-9,22H,4,10H2,1-3H3,(H,25,26);1H. The maximum Gasteiger partial charge on any atom is 0.352 e. The number of carboxylic acid groups (broad SMARTS) is 1. The number of pyridine rings is 1. The van der Waals surface area contributed by atoms with Gasteiger partial charge in [0.1, 0.15) is 17.0 Å². The van der Waals surface area contributed by atoms with Gasteiger partial charge in [-0.3, -0.25) is 0 Å². The van der Waals surface area contributed by atoms with E-state index in [0.717, 1.165) is 51.1 Å². The number of imidazole rings is 1. The van der Waals surface area contributed by atoms with Crippen LogP contribution in [0.15, 0.2) is 30.3 Å². The molecule has 27 heavy (non-hydrogen) atoms. The fourth-order valence-electron chi connectivity index (χ4n) is 3.46. The van der Waals surface area contributed by atoms with E-state index in [0.29, 0.717) is 6.54 Å². The highest BCUT2D eigenvalue weighted by atomic mass is 35.5. The summed E-state index contributed by atoms with van der Waals surface area (Å²) in [5, 5.41) is 10.0. The number of carboxylic acids is 1. The maximum absolute atomic E-state index is 11.2. The molecule has 3 heterocycles.